The summed E-state index contributed by atoms with van der Waals surface area (Å²) in [5.74, 6) is 0.594. The normalized spacial score (nSPS) is 11.1. The van der Waals surface area contributed by atoms with E-state index in [0.29, 0.717) is 22.6 Å². The monoisotopic (exact) mass is 350 g/mol. The van der Waals surface area contributed by atoms with Crippen molar-refractivity contribution in [3.63, 3.8) is 0 Å². The zero-order valence-electron chi connectivity index (χ0n) is 14.2. The van der Waals surface area contributed by atoms with Crippen molar-refractivity contribution >= 4 is 11.6 Å². The van der Waals surface area contributed by atoms with Crippen molar-refractivity contribution in [1.82, 2.24) is 19.3 Å². The Morgan fingerprint density at radius 1 is 1.00 bits per heavy atom. The molecule has 6 nitrogen and oxygen atoms in total. The molecule has 1 aromatic carbocycles. The van der Waals surface area contributed by atoms with Crippen LogP contribution < -0.4 is 0 Å². The van der Waals surface area contributed by atoms with E-state index >= 15 is 0 Å². The van der Waals surface area contributed by atoms with Crippen molar-refractivity contribution < 1.29 is 0 Å². The molecular weight excluding hydrogens is 336 g/mol. The second kappa shape index (κ2) is 6.91. The van der Waals surface area contributed by atoms with Crippen molar-refractivity contribution in [2.45, 2.75) is 0 Å². The van der Waals surface area contributed by atoms with Crippen molar-refractivity contribution in [3.05, 3.63) is 90.1 Å². The fourth-order valence-corrected chi connectivity index (χ4v) is 2.91. The molecular formula is C21H14N6. The average Bonchev–Trinajstić information content (AvgIpc) is 3.46. The molecule has 0 atom stereocenters. The summed E-state index contributed by atoms with van der Waals surface area (Å²) in [6.45, 7) is 0. The maximum absolute atomic E-state index is 9.87. The highest BCUT2D eigenvalue weighted by atomic mass is 15.3. The molecule has 0 spiro atoms. The van der Waals surface area contributed by atoms with Crippen LogP contribution in [0, 0.1) is 22.7 Å². The molecule has 0 aliphatic heterocycles. The Hall–Kier alpha value is -4.29. The number of rotatable bonds is 4. The van der Waals surface area contributed by atoms with Crippen LogP contribution in [-0.2, 0) is 0 Å². The molecule has 0 aliphatic rings. The molecule has 6 heteroatoms. The van der Waals surface area contributed by atoms with Crippen LogP contribution in [-0.4, -0.2) is 19.3 Å². The first-order chi connectivity index (χ1) is 13.3. The smallest absolute Gasteiger partial charge is 0.159 e. The van der Waals surface area contributed by atoms with E-state index < -0.39 is 0 Å². The second-order valence-electron chi connectivity index (χ2n) is 5.79. The van der Waals surface area contributed by atoms with Crippen LogP contribution in [0.1, 0.15) is 17.0 Å². The first-order valence-corrected chi connectivity index (χ1v) is 8.29. The number of hydrogen-bond acceptors (Lipinski definition) is 3. The van der Waals surface area contributed by atoms with E-state index in [1.54, 1.807) is 17.0 Å². The number of allylic oxidation sites excluding steroid dienone is 1. The number of nitriles is 2. The van der Waals surface area contributed by atoms with Gasteiger partial charge in [0, 0.05) is 24.3 Å². The Morgan fingerprint density at radius 3 is 2.41 bits per heavy atom. The van der Waals surface area contributed by atoms with Crippen molar-refractivity contribution in [2.75, 3.05) is 0 Å². The van der Waals surface area contributed by atoms with Gasteiger partial charge in [0.2, 0.25) is 0 Å². The van der Waals surface area contributed by atoms with Crippen LogP contribution in [0.15, 0.2) is 73.2 Å². The number of nitrogens with one attached hydrogen (secondary N) is 1. The van der Waals surface area contributed by atoms with E-state index in [9.17, 15) is 10.5 Å². The summed E-state index contributed by atoms with van der Waals surface area (Å²) < 4.78 is 3.51. The minimum Gasteiger partial charge on any atom is -0.362 e. The van der Waals surface area contributed by atoms with Crippen molar-refractivity contribution in [3.8, 4) is 23.6 Å². The van der Waals surface area contributed by atoms with E-state index in [1.807, 2.05) is 71.6 Å². The Balaban J connectivity index is 1.99. The topological polar surface area (TPSA) is 86.1 Å². The van der Waals surface area contributed by atoms with Crippen LogP contribution in [0.3, 0.4) is 0 Å². The summed E-state index contributed by atoms with van der Waals surface area (Å²) in [5.41, 5.74) is 2.59. The lowest BCUT2D eigenvalue weighted by molar-refractivity contribution is 0.820. The summed E-state index contributed by atoms with van der Waals surface area (Å²) >= 11 is 0. The fraction of sp³-hybridized carbons (Fsp3) is 0. The van der Waals surface area contributed by atoms with Crippen LogP contribution in [0.25, 0.3) is 23.2 Å². The zero-order chi connectivity index (χ0) is 18.6. The first-order valence-electron chi connectivity index (χ1n) is 8.29. The number of H-pyrrole nitrogens is 1. The van der Waals surface area contributed by atoms with Gasteiger partial charge < -0.3 is 9.55 Å². The Kier molecular flexibility index (Phi) is 4.14. The third-order valence-electron chi connectivity index (χ3n) is 4.12. The number of hydrogen-bond donors (Lipinski definition) is 1. The van der Waals surface area contributed by atoms with Crippen LogP contribution in [0.2, 0.25) is 0 Å². The summed E-state index contributed by atoms with van der Waals surface area (Å²) in [6.07, 6.45) is 7.17. The highest BCUT2D eigenvalue weighted by Crippen LogP contribution is 2.27. The van der Waals surface area contributed by atoms with Gasteiger partial charge in [-0.3, -0.25) is 0 Å². The molecule has 0 bridgehead atoms. The molecule has 1 N–H and O–H groups in total. The first kappa shape index (κ1) is 16.2. The fourth-order valence-electron chi connectivity index (χ4n) is 2.91. The Morgan fingerprint density at radius 2 is 1.78 bits per heavy atom. The van der Waals surface area contributed by atoms with Gasteiger partial charge in [0.15, 0.2) is 5.82 Å². The lowest BCUT2D eigenvalue weighted by Gasteiger charge is -2.08. The molecule has 27 heavy (non-hydrogen) atoms. The predicted octanol–water partition coefficient (Wildman–Crippen LogP) is 3.93. The highest BCUT2D eigenvalue weighted by molar-refractivity contribution is 5.90. The number of aromatic amines is 1. The molecule has 3 heterocycles. The quantitative estimate of drug-likeness (QED) is 0.566. The van der Waals surface area contributed by atoms with Gasteiger partial charge in [0.1, 0.15) is 23.4 Å². The molecule has 3 aromatic heterocycles. The molecule has 4 aromatic rings. The van der Waals surface area contributed by atoms with E-state index in [-0.39, 0.29) is 0 Å². The molecule has 0 fully saturated rings. The SMILES string of the molecule is N#CC(=Cc1ccc[nH]1)c1nn(-c2ccccc2)c(-n2cccc2)c1C#N. The number of benzene rings is 1. The summed E-state index contributed by atoms with van der Waals surface area (Å²) in [6, 6.07) is 21.4. The largest absolute Gasteiger partial charge is 0.362 e. The number of nitrogens with zero attached hydrogens (tertiary/aromatic N) is 5. The van der Waals surface area contributed by atoms with Gasteiger partial charge >= 0.3 is 0 Å². The lowest BCUT2D eigenvalue weighted by Crippen LogP contribution is -2.04. The van der Waals surface area contributed by atoms with E-state index in [1.165, 1.54) is 0 Å². The van der Waals surface area contributed by atoms with Crippen molar-refractivity contribution in [2.24, 2.45) is 0 Å². The summed E-state index contributed by atoms with van der Waals surface area (Å²) in [4.78, 5) is 3.04. The minimum absolute atomic E-state index is 0.317. The molecule has 0 saturated heterocycles. The molecule has 128 valence electrons. The van der Waals surface area contributed by atoms with Gasteiger partial charge in [-0.05, 0) is 42.5 Å². The number of para-hydroxylation sites is 1. The third kappa shape index (κ3) is 2.92. The molecule has 0 unspecified atom stereocenters. The standard InChI is InChI=1S/C21H14N6/c22-14-16(13-17-7-6-10-24-17)20-19(15-23)21(26-11-4-5-12-26)27(25-20)18-8-2-1-3-9-18/h1-13,24H. The molecule has 0 saturated carbocycles. The predicted molar refractivity (Wildman–Crippen MR) is 102 cm³/mol. The molecule has 0 radical (unpaired) electrons. The van der Waals surface area contributed by atoms with Gasteiger partial charge in [-0.2, -0.15) is 15.6 Å². The van der Waals surface area contributed by atoms with Crippen molar-refractivity contribution in [1.29, 1.82) is 10.5 Å². The van der Waals surface area contributed by atoms with Gasteiger partial charge in [-0.1, -0.05) is 18.2 Å². The highest BCUT2D eigenvalue weighted by Gasteiger charge is 2.22. The zero-order valence-corrected chi connectivity index (χ0v) is 14.2. The average molecular weight is 350 g/mol. The van der Waals surface area contributed by atoms with Gasteiger partial charge in [-0.25, -0.2) is 4.68 Å². The molecule has 0 amide bonds. The van der Waals surface area contributed by atoms with Crippen LogP contribution in [0.4, 0.5) is 0 Å². The van der Waals surface area contributed by atoms with Gasteiger partial charge in [0.25, 0.3) is 0 Å². The minimum atomic E-state index is 0.317. The Bertz CT molecular complexity index is 1160. The number of aromatic nitrogens is 4. The third-order valence-corrected chi connectivity index (χ3v) is 4.12. The summed E-state index contributed by atoms with van der Waals surface area (Å²) in [7, 11) is 0. The van der Waals surface area contributed by atoms with Crippen LogP contribution in [0.5, 0.6) is 0 Å². The Labute approximate surface area is 155 Å². The maximum Gasteiger partial charge on any atom is 0.159 e. The lowest BCUT2D eigenvalue weighted by atomic mass is 10.1. The van der Waals surface area contributed by atoms with Gasteiger partial charge in [0.05, 0.1) is 11.3 Å². The van der Waals surface area contributed by atoms with E-state index in [2.05, 4.69) is 22.2 Å². The molecule has 4 rings (SSSR count). The van der Waals surface area contributed by atoms with E-state index in [0.717, 1.165) is 11.4 Å². The van der Waals surface area contributed by atoms with Crippen LogP contribution >= 0.6 is 0 Å². The second-order valence-corrected chi connectivity index (χ2v) is 5.79. The van der Waals surface area contributed by atoms with E-state index in [4.69, 9.17) is 0 Å². The maximum atomic E-state index is 9.87. The molecule has 0 aliphatic carbocycles. The van der Waals surface area contributed by atoms with Gasteiger partial charge in [-0.15, -0.1) is 0 Å². The summed E-state index contributed by atoms with van der Waals surface area (Å²) in [5, 5.41) is 24.2.